The molecule has 0 amide bonds. The quantitative estimate of drug-likeness (QED) is 0.727. The van der Waals surface area contributed by atoms with Crippen molar-refractivity contribution in [2.24, 2.45) is 5.73 Å². The fourth-order valence-corrected chi connectivity index (χ4v) is 2.81. The Morgan fingerprint density at radius 3 is 2.92 bits per heavy atom. The van der Waals surface area contributed by atoms with Crippen LogP contribution in [0.3, 0.4) is 0 Å². The van der Waals surface area contributed by atoms with Crippen LogP contribution in [0.2, 0.25) is 0 Å². The summed E-state index contributed by atoms with van der Waals surface area (Å²) in [6.07, 6.45) is 7.66. The molecule has 1 fully saturated rings. The first kappa shape index (κ1) is 11.3. The van der Waals surface area contributed by atoms with Gasteiger partial charge >= 0.3 is 0 Å². The van der Waals surface area contributed by atoms with Crippen LogP contribution < -0.4 is 11.1 Å². The lowest BCUT2D eigenvalue weighted by atomic mass is 9.94. The van der Waals surface area contributed by atoms with Crippen LogP contribution in [0.4, 0.5) is 0 Å². The van der Waals surface area contributed by atoms with Crippen molar-refractivity contribution in [2.45, 2.75) is 49.9 Å². The smallest absolute Gasteiger partial charge is 0.0164 e. The van der Waals surface area contributed by atoms with E-state index in [-0.39, 0.29) is 0 Å². The highest BCUT2D eigenvalue weighted by molar-refractivity contribution is 7.99. The van der Waals surface area contributed by atoms with Gasteiger partial charge in [0.15, 0.2) is 0 Å². The van der Waals surface area contributed by atoms with Crippen molar-refractivity contribution in [3.8, 4) is 0 Å². The molecule has 0 spiro atoms. The molecule has 1 aliphatic rings. The molecule has 1 saturated carbocycles. The summed E-state index contributed by atoms with van der Waals surface area (Å²) in [5.41, 5.74) is 5.59. The Labute approximate surface area is 86.0 Å². The normalized spacial score (nSPS) is 31.6. The van der Waals surface area contributed by atoms with Gasteiger partial charge in [0.2, 0.25) is 0 Å². The number of hydrogen-bond donors (Lipinski definition) is 2. The van der Waals surface area contributed by atoms with Crippen molar-refractivity contribution in [1.82, 2.24) is 5.32 Å². The van der Waals surface area contributed by atoms with Crippen molar-refractivity contribution < 1.29 is 0 Å². The van der Waals surface area contributed by atoms with Crippen LogP contribution in [0.1, 0.15) is 32.6 Å². The summed E-state index contributed by atoms with van der Waals surface area (Å²) in [6, 6.07) is 1.19. The molecule has 2 nitrogen and oxygen atoms in total. The first-order chi connectivity index (χ1) is 6.26. The standard InChI is InChI=1S/C10H22N2S/c1-8(7-11)12-9-4-3-5-10(6-9)13-2/h8-10,12H,3-7,11H2,1-2H3. The highest BCUT2D eigenvalue weighted by Gasteiger charge is 2.21. The molecule has 1 aliphatic carbocycles. The van der Waals surface area contributed by atoms with E-state index in [0.717, 1.165) is 11.8 Å². The molecule has 0 radical (unpaired) electrons. The Balaban J connectivity index is 2.25. The predicted octanol–water partition coefficient (Wildman–Crippen LogP) is 1.60. The fraction of sp³-hybridized carbons (Fsp3) is 1.00. The molecule has 1 rings (SSSR count). The first-order valence-corrected chi connectivity index (χ1v) is 6.54. The lowest BCUT2D eigenvalue weighted by molar-refractivity contribution is 0.352. The van der Waals surface area contributed by atoms with E-state index < -0.39 is 0 Å². The number of hydrogen-bond acceptors (Lipinski definition) is 3. The van der Waals surface area contributed by atoms with Gasteiger partial charge in [-0.3, -0.25) is 0 Å². The van der Waals surface area contributed by atoms with Gasteiger partial charge in [-0.2, -0.15) is 11.8 Å². The van der Waals surface area contributed by atoms with E-state index in [1.807, 2.05) is 11.8 Å². The average molecular weight is 202 g/mol. The number of nitrogens with two attached hydrogens (primary N) is 1. The zero-order valence-electron chi connectivity index (χ0n) is 8.75. The molecule has 0 aromatic heterocycles. The third-order valence-corrected chi connectivity index (χ3v) is 3.93. The molecular weight excluding hydrogens is 180 g/mol. The monoisotopic (exact) mass is 202 g/mol. The summed E-state index contributed by atoms with van der Waals surface area (Å²) < 4.78 is 0. The predicted molar refractivity (Wildman–Crippen MR) is 61.2 cm³/mol. The summed E-state index contributed by atoms with van der Waals surface area (Å²) >= 11 is 2.01. The molecule has 3 heteroatoms. The maximum atomic E-state index is 5.59. The van der Waals surface area contributed by atoms with Crippen LogP contribution in [0.15, 0.2) is 0 Å². The highest BCUT2D eigenvalue weighted by Crippen LogP contribution is 2.26. The third-order valence-electron chi connectivity index (χ3n) is 2.83. The van der Waals surface area contributed by atoms with Crippen LogP contribution >= 0.6 is 11.8 Å². The summed E-state index contributed by atoms with van der Waals surface area (Å²) in [7, 11) is 0. The maximum Gasteiger partial charge on any atom is 0.0164 e. The Kier molecular flexibility index (Phi) is 5.14. The second-order valence-corrected chi connectivity index (χ2v) is 5.16. The molecule has 3 unspecified atom stereocenters. The molecule has 0 heterocycles. The Morgan fingerprint density at radius 1 is 1.54 bits per heavy atom. The zero-order chi connectivity index (χ0) is 9.68. The second-order valence-electron chi connectivity index (χ2n) is 4.02. The minimum Gasteiger partial charge on any atom is -0.329 e. The van der Waals surface area contributed by atoms with Crippen molar-refractivity contribution in [3.63, 3.8) is 0 Å². The molecule has 13 heavy (non-hydrogen) atoms. The Morgan fingerprint density at radius 2 is 2.31 bits per heavy atom. The van der Waals surface area contributed by atoms with Crippen molar-refractivity contribution >= 4 is 11.8 Å². The van der Waals surface area contributed by atoms with Gasteiger partial charge in [0, 0.05) is 23.9 Å². The minimum atomic E-state index is 0.477. The van der Waals surface area contributed by atoms with E-state index >= 15 is 0 Å². The molecule has 0 aromatic rings. The summed E-state index contributed by atoms with van der Waals surface area (Å²) in [6.45, 7) is 2.92. The Hall–Kier alpha value is 0.270. The fourth-order valence-electron chi connectivity index (χ4n) is 1.98. The van der Waals surface area contributed by atoms with Gasteiger partial charge in [0.05, 0.1) is 0 Å². The SMILES string of the molecule is CSC1CCCC(NC(C)CN)C1. The van der Waals surface area contributed by atoms with E-state index in [9.17, 15) is 0 Å². The van der Waals surface area contributed by atoms with Crippen LogP contribution in [-0.2, 0) is 0 Å². The van der Waals surface area contributed by atoms with Crippen molar-refractivity contribution in [1.29, 1.82) is 0 Å². The number of thioether (sulfide) groups is 1. The Bertz CT molecular complexity index is 139. The zero-order valence-corrected chi connectivity index (χ0v) is 9.57. The molecule has 0 aliphatic heterocycles. The first-order valence-electron chi connectivity index (χ1n) is 5.25. The second kappa shape index (κ2) is 5.89. The molecule has 0 bridgehead atoms. The largest absolute Gasteiger partial charge is 0.329 e. The average Bonchev–Trinajstić information content (AvgIpc) is 2.18. The van der Waals surface area contributed by atoms with Crippen LogP contribution in [-0.4, -0.2) is 30.1 Å². The van der Waals surface area contributed by atoms with E-state index in [1.54, 1.807) is 0 Å². The number of nitrogens with one attached hydrogen (secondary N) is 1. The molecular formula is C10H22N2S. The lowest BCUT2D eigenvalue weighted by Crippen LogP contribution is -2.43. The highest BCUT2D eigenvalue weighted by atomic mass is 32.2. The van der Waals surface area contributed by atoms with E-state index in [2.05, 4.69) is 18.5 Å². The molecule has 78 valence electrons. The minimum absolute atomic E-state index is 0.477. The summed E-state index contributed by atoms with van der Waals surface area (Å²) in [5, 5.41) is 4.47. The van der Waals surface area contributed by atoms with Crippen LogP contribution in [0, 0.1) is 0 Å². The molecule has 0 saturated heterocycles. The summed E-state index contributed by atoms with van der Waals surface area (Å²) in [4.78, 5) is 0. The summed E-state index contributed by atoms with van der Waals surface area (Å²) in [5.74, 6) is 0. The lowest BCUT2D eigenvalue weighted by Gasteiger charge is -2.30. The molecule has 3 N–H and O–H groups in total. The number of rotatable bonds is 4. The maximum absolute atomic E-state index is 5.59. The van der Waals surface area contributed by atoms with Gasteiger partial charge in [-0.05, 0) is 32.4 Å². The van der Waals surface area contributed by atoms with Gasteiger partial charge in [0.25, 0.3) is 0 Å². The van der Waals surface area contributed by atoms with Gasteiger partial charge in [-0.25, -0.2) is 0 Å². The van der Waals surface area contributed by atoms with Gasteiger partial charge in [-0.1, -0.05) is 6.42 Å². The van der Waals surface area contributed by atoms with Gasteiger partial charge in [-0.15, -0.1) is 0 Å². The van der Waals surface area contributed by atoms with E-state index in [0.29, 0.717) is 12.1 Å². The van der Waals surface area contributed by atoms with E-state index in [1.165, 1.54) is 25.7 Å². The topological polar surface area (TPSA) is 38.0 Å². The van der Waals surface area contributed by atoms with Crippen molar-refractivity contribution in [3.05, 3.63) is 0 Å². The van der Waals surface area contributed by atoms with E-state index in [4.69, 9.17) is 5.73 Å². The third kappa shape index (κ3) is 3.88. The molecule has 3 atom stereocenters. The molecule has 0 aromatic carbocycles. The van der Waals surface area contributed by atoms with Crippen molar-refractivity contribution in [2.75, 3.05) is 12.8 Å². The van der Waals surface area contributed by atoms with Crippen LogP contribution in [0.5, 0.6) is 0 Å². The van der Waals surface area contributed by atoms with Gasteiger partial charge in [0.1, 0.15) is 0 Å². The van der Waals surface area contributed by atoms with Gasteiger partial charge < -0.3 is 11.1 Å². The van der Waals surface area contributed by atoms with Crippen LogP contribution in [0.25, 0.3) is 0 Å².